The summed E-state index contributed by atoms with van der Waals surface area (Å²) in [5, 5.41) is 9.35. The lowest BCUT2D eigenvalue weighted by atomic mass is 9.77. The van der Waals surface area contributed by atoms with E-state index in [1.165, 1.54) is 38.5 Å². The molecule has 3 fully saturated rings. The minimum Gasteiger partial charge on any atom is -0.396 e. The Bertz CT molecular complexity index is 195. The molecule has 3 unspecified atom stereocenters. The third-order valence-electron chi connectivity index (χ3n) is 4.73. The molecule has 0 heterocycles. The predicted molar refractivity (Wildman–Crippen MR) is 47.7 cm³/mol. The quantitative estimate of drug-likeness (QED) is 0.666. The fraction of sp³-hybridized carbons (Fsp3) is 1.00. The fourth-order valence-corrected chi connectivity index (χ4v) is 3.80. The average molecular weight is 166 g/mol. The lowest BCUT2D eigenvalue weighted by Gasteiger charge is -2.29. The van der Waals surface area contributed by atoms with Crippen molar-refractivity contribution in [3.8, 4) is 0 Å². The SMILES string of the molecule is OCC1(C2CC3CCC2C3)CC1. The lowest BCUT2D eigenvalue weighted by molar-refractivity contribution is 0.117. The molecule has 3 aliphatic carbocycles. The summed E-state index contributed by atoms with van der Waals surface area (Å²) < 4.78 is 0. The smallest absolute Gasteiger partial charge is 0.0490 e. The highest BCUT2D eigenvalue weighted by atomic mass is 16.3. The lowest BCUT2D eigenvalue weighted by Crippen LogP contribution is -2.25. The number of rotatable bonds is 2. The number of hydrogen-bond acceptors (Lipinski definition) is 1. The Labute approximate surface area is 74.2 Å². The van der Waals surface area contributed by atoms with Crippen molar-refractivity contribution in [3.05, 3.63) is 0 Å². The van der Waals surface area contributed by atoms with Crippen LogP contribution in [0.1, 0.15) is 38.5 Å². The van der Waals surface area contributed by atoms with E-state index in [-0.39, 0.29) is 0 Å². The Balaban J connectivity index is 1.78. The summed E-state index contributed by atoms with van der Waals surface area (Å²) in [6.07, 6.45) is 8.53. The van der Waals surface area contributed by atoms with Gasteiger partial charge in [0.1, 0.15) is 0 Å². The van der Waals surface area contributed by atoms with Gasteiger partial charge in [-0.05, 0) is 55.3 Å². The Kier molecular flexibility index (Phi) is 1.39. The average Bonchev–Trinajstić information content (AvgIpc) is 2.62. The fourth-order valence-electron chi connectivity index (χ4n) is 3.80. The highest BCUT2D eigenvalue weighted by Gasteiger charge is 2.55. The van der Waals surface area contributed by atoms with Crippen LogP contribution in [0.25, 0.3) is 0 Å². The third-order valence-corrected chi connectivity index (χ3v) is 4.73. The summed E-state index contributed by atoms with van der Waals surface area (Å²) in [4.78, 5) is 0. The topological polar surface area (TPSA) is 20.2 Å². The van der Waals surface area contributed by atoms with Crippen LogP contribution in [0, 0.1) is 23.2 Å². The van der Waals surface area contributed by atoms with Crippen molar-refractivity contribution in [3.63, 3.8) is 0 Å². The van der Waals surface area contributed by atoms with Gasteiger partial charge in [-0.15, -0.1) is 0 Å². The van der Waals surface area contributed by atoms with Crippen molar-refractivity contribution in [2.75, 3.05) is 6.61 Å². The van der Waals surface area contributed by atoms with E-state index in [1.54, 1.807) is 0 Å². The summed E-state index contributed by atoms with van der Waals surface area (Å²) in [6.45, 7) is 0.473. The Morgan fingerprint density at radius 2 is 2.00 bits per heavy atom. The molecule has 1 heteroatoms. The number of aliphatic hydroxyl groups excluding tert-OH is 1. The minimum atomic E-state index is 0.430. The monoisotopic (exact) mass is 166 g/mol. The third kappa shape index (κ3) is 0.834. The molecule has 3 saturated carbocycles. The van der Waals surface area contributed by atoms with Gasteiger partial charge >= 0.3 is 0 Å². The molecule has 68 valence electrons. The van der Waals surface area contributed by atoms with Crippen molar-refractivity contribution in [2.45, 2.75) is 38.5 Å². The summed E-state index contributed by atoms with van der Waals surface area (Å²) in [7, 11) is 0. The Hall–Kier alpha value is -0.0400. The molecule has 0 saturated heterocycles. The van der Waals surface area contributed by atoms with Crippen LogP contribution in [0.15, 0.2) is 0 Å². The summed E-state index contributed by atoms with van der Waals surface area (Å²) in [5.41, 5.74) is 0.430. The van der Waals surface area contributed by atoms with Crippen LogP contribution >= 0.6 is 0 Å². The van der Waals surface area contributed by atoms with Gasteiger partial charge in [0.15, 0.2) is 0 Å². The first-order valence-electron chi connectivity index (χ1n) is 5.45. The minimum absolute atomic E-state index is 0.430. The standard InChI is InChI=1S/C11H18O/c12-7-11(3-4-11)10-6-8-1-2-9(10)5-8/h8-10,12H,1-7H2. The molecule has 1 N–H and O–H groups in total. The maximum atomic E-state index is 9.35. The second kappa shape index (κ2) is 2.25. The van der Waals surface area contributed by atoms with Crippen molar-refractivity contribution < 1.29 is 5.11 Å². The molecule has 0 aromatic rings. The second-order valence-corrected chi connectivity index (χ2v) is 5.30. The maximum Gasteiger partial charge on any atom is 0.0490 e. The number of fused-ring (bicyclic) bond motifs is 2. The normalized spacial score (nSPS) is 48.2. The number of hydrogen-bond donors (Lipinski definition) is 1. The van der Waals surface area contributed by atoms with E-state index in [9.17, 15) is 5.11 Å². The molecule has 0 aromatic carbocycles. The van der Waals surface area contributed by atoms with Gasteiger partial charge in [-0.25, -0.2) is 0 Å². The number of aliphatic hydroxyl groups is 1. The molecule has 2 bridgehead atoms. The van der Waals surface area contributed by atoms with Crippen molar-refractivity contribution in [2.24, 2.45) is 23.2 Å². The van der Waals surface area contributed by atoms with Gasteiger partial charge in [-0.1, -0.05) is 6.42 Å². The van der Waals surface area contributed by atoms with E-state index < -0.39 is 0 Å². The molecule has 12 heavy (non-hydrogen) atoms. The zero-order valence-corrected chi connectivity index (χ0v) is 7.63. The highest BCUT2D eigenvalue weighted by molar-refractivity contribution is 5.05. The molecule has 3 rings (SSSR count). The Morgan fingerprint density at radius 1 is 1.17 bits per heavy atom. The van der Waals surface area contributed by atoms with E-state index in [0.29, 0.717) is 12.0 Å². The molecule has 0 aliphatic heterocycles. The van der Waals surface area contributed by atoms with Gasteiger partial charge in [-0.2, -0.15) is 0 Å². The molecule has 0 spiro atoms. The molecule has 1 nitrogen and oxygen atoms in total. The molecular weight excluding hydrogens is 148 g/mol. The molecule has 0 amide bonds. The van der Waals surface area contributed by atoms with Crippen LogP contribution in [-0.4, -0.2) is 11.7 Å². The van der Waals surface area contributed by atoms with Crippen LogP contribution in [0.2, 0.25) is 0 Å². The van der Waals surface area contributed by atoms with E-state index in [4.69, 9.17) is 0 Å². The van der Waals surface area contributed by atoms with E-state index in [1.807, 2.05) is 0 Å². The maximum absolute atomic E-state index is 9.35. The zero-order chi connectivity index (χ0) is 8.18. The Morgan fingerprint density at radius 3 is 2.42 bits per heavy atom. The summed E-state index contributed by atoms with van der Waals surface area (Å²) in [6, 6.07) is 0. The summed E-state index contributed by atoms with van der Waals surface area (Å²) >= 11 is 0. The van der Waals surface area contributed by atoms with Crippen molar-refractivity contribution in [1.29, 1.82) is 0 Å². The first-order valence-corrected chi connectivity index (χ1v) is 5.45. The molecule has 3 atom stereocenters. The zero-order valence-electron chi connectivity index (χ0n) is 7.63. The van der Waals surface area contributed by atoms with Crippen LogP contribution in [-0.2, 0) is 0 Å². The molecule has 3 aliphatic rings. The highest BCUT2D eigenvalue weighted by Crippen LogP contribution is 2.63. The molecule has 0 aromatic heterocycles. The van der Waals surface area contributed by atoms with Gasteiger partial charge < -0.3 is 5.11 Å². The van der Waals surface area contributed by atoms with Crippen LogP contribution in [0.5, 0.6) is 0 Å². The van der Waals surface area contributed by atoms with Crippen LogP contribution in [0.4, 0.5) is 0 Å². The largest absolute Gasteiger partial charge is 0.396 e. The first-order chi connectivity index (χ1) is 5.84. The van der Waals surface area contributed by atoms with Crippen molar-refractivity contribution >= 4 is 0 Å². The second-order valence-electron chi connectivity index (χ2n) is 5.30. The van der Waals surface area contributed by atoms with E-state index in [2.05, 4.69) is 0 Å². The van der Waals surface area contributed by atoms with Crippen LogP contribution in [0.3, 0.4) is 0 Å². The van der Waals surface area contributed by atoms with Crippen LogP contribution < -0.4 is 0 Å². The van der Waals surface area contributed by atoms with Gasteiger partial charge in [0.2, 0.25) is 0 Å². The van der Waals surface area contributed by atoms with E-state index >= 15 is 0 Å². The summed E-state index contributed by atoms with van der Waals surface area (Å²) in [5.74, 6) is 2.97. The molecule has 0 radical (unpaired) electrons. The van der Waals surface area contributed by atoms with E-state index in [0.717, 1.165) is 17.8 Å². The van der Waals surface area contributed by atoms with Gasteiger partial charge in [0, 0.05) is 6.61 Å². The van der Waals surface area contributed by atoms with Gasteiger partial charge in [-0.3, -0.25) is 0 Å². The molecular formula is C11H18O. The van der Waals surface area contributed by atoms with Gasteiger partial charge in [0.05, 0.1) is 0 Å². The first kappa shape index (κ1) is 7.37. The van der Waals surface area contributed by atoms with Gasteiger partial charge in [0.25, 0.3) is 0 Å². The van der Waals surface area contributed by atoms with Crippen molar-refractivity contribution in [1.82, 2.24) is 0 Å². The predicted octanol–water partition coefficient (Wildman–Crippen LogP) is 2.20.